The number of thioether (sulfide) groups is 1. The summed E-state index contributed by atoms with van der Waals surface area (Å²) in [6.07, 6.45) is 6.62. The Balaban J connectivity index is 1.94. The van der Waals surface area contributed by atoms with Gasteiger partial charge in [-0.15, -0.1) is 6.42 Å². The zero-order chi connectivity index (χ0) is 16.9. The van der Waals surface area contributed by atoms with Crippen LogP contribution in [0.15, 0.2) is 50.9 Å². The first-order chi connectivity index (χ1) is 11.7. The van der Waals surface area contributed by atoms with Crippen LogP contribution in [-0.2, 0) is 5.75 Å². The summed E-state index contributed by atoms with van der Waals surface area (Å²) < 4.78 is 5.68. The normalized spacial score (nSPS) is 10.5. The highest BCUT2D eigenvalue weighted by Crippen LogP contribution is 2.30. The van der Waals surface area contributed by atoms with Crippen LogP contribution in [0, 0.1) is 12.3 Å². The van der Waals surface area contributed by atoms with Crippen molar-refractivity contribution in [3.8, 4) is 12.3 Å². The average molecular weight is 339 g/mol. The molecule has 1 aromatic carbocycles. The largest absolute Gasteiger partial charge is 0.451 e. The van der Waals surface area contributed by atoms with E-state index in [1.54, 1.807) is 6.07 Å². The number of terminal acetylenes is 1. The third kappa shape index (κ3) is 3.34. The zero-order valence-corrected chi connectivity index (χ0v) is 13.4. The van der Waals surface area contributed by atoms with Crippen LogP contribution in [-0.4, -0.2) is 22.4 Å². The second-order valence-electron chi connectivity index (χ2n) is 4.82. The van der Waals surface area contributed by atoms with Crippen molar-refractivity contribution < 1.29 is 9.21 Å². The number of para-hydroxylation sites is 1. The topological polar surface area (TPSA) is 88.0 Å². The summed E-state index contributed by atoms with van der Waals surface area (Å²) in [5.41, 5.74) is 1.13. The van der Waals surface area contributed by atoms with Gasteiger partial charge in [0, 0.05) is 29.0 Å². The number of hydrogen-bond acceptors (Lipinski definition) is 5. The molecule has 0 bridgehead atoms. The van der Waals surface area contributed by atoms with Gasteiger partial charge in [-0.25, -0.2) is 4.98 Å². The molecule has 0 aliphatic heterocycles. The highest BCUT2D eigenvalue weighted by molar-refractivity contribution is 7.98. The molecule has 2 N–H and O–H groups in total. The fourth-order valence-corrected chi connectivity index (χ4v) is 3.08. The van der Waals surface area contributed by atoms with Crippen molar-refractivity contribution in [2.75, 3.05) is 6.54 Å². The van der Waals surface area contributed by atoms with Crippen LogP contribution in [0.2, 0.25) is 0 Å². The molecule has 120 valence electrons. The lowest BCUT2D eigenvalue weighted by Gasteiger charge is -2.03. The first-order valence-corrected chi connectivity index (χ1v) is 8.08. The lowest BCUT2D eigenvalue weighted by molar-refractivity contribution is 0.0932. The van der Waals surface area contributed by atoms with E-state index in [4.69, 9.17) is 10.8 Å². The van der Waals surface area contributed by atoms with E-state index in [9.17, 15) is 9.59 Å². The molecule has 6 nitrogen and oxygen atoms in total. The molecule has 3 rings (SSSR count). The molecule has 0 radical (unpaired) electrons. The molecule has 0 aliphatic rings. The summed E-state index contributed by atoms with van der Waals surface area (Å²) in [5, 5.41) is 3.92. The van der Waals surface area contributed by atoms with Gasteiger partial charge in [-0.1, -0.05) is 35.9 Å². The molecule has 0 fully saturated rings. The molecule has 0 saturated heterocycles. The Bertz CT molecular complexity index is 984. The second kappa shape index (κ2) is 7.06. The van der Waals surface area contributed by atoms with Gasteiger partial charge < -0.3 is 14.7 Å². The molecule has 0 spiro atoms. The van der Waals surface area contributed by atoms with Crippen LogP contribution in [0.3, 0.4) is 0 Å². The maximum absolute atomic E-state index is 12.3. The van der Waals surface area contributed by atoms with Crippen LogP contribution in [0.4, 0.5) is 0 Å². The number of amides is 1. The molecule has 0 aliphatic carbocycles. The van der Waals surface area contributed by atoms with Gasteiger partial charge in [0.2, 0.25) is 0 Å². The Morgan fingerprint density at radius 2 is 2.21 bits per heavy atom. The van der Waals surface area contributed by atoms with Gasteiger partial charge in [0.25, 0.3) is 11.5 Å². The third-order valence-corrected chi connectivity index (χ3v) is 4.17. The van der Waals surface area contributed by atoms with Crippen molar-refractivity contribution >= 4 is 28.6 Å². The smallest absolute Gasteiger partial charge is 0.288 e. The highest BCUT2D eigenvalue weighted by Gasteiger charge is 2.20. The minimum Gasteiger partial charge on any atom is -0.451 e. The SMILES string of the molecule is C#CCNC(=O)c1oc2ccccc2c1CSc1nccc(=O)[nH]1. The van der Waals surface area contributed by atoms with Crippen molar-refractivity contribution in [2.45, 2.75) is 10.9 Å². The van der Waals surface area contributed by atoms with Crippen molar-refractivity contribution in [1.82, 2.24) is 15.3 Å². The number of fused-ring (bicyclic) bond motifs is 1. The van der Waals surface area contributed by atoms with Crippen LogP contribution >= 0.6 is 11.8 Å². The Hall–Kier alpha value is -2.98. The van der Waals surface area contributed by atoms with E-state index in [2.05, 4.69) is 21.2 Å². The molecule has 2 aromatic heterocycles. The summed E-state index contributed by atoms with van der Waals surface area (Å²) in [4.78, 5) is 30.4. The van der Waals surface area contributed by atoms with Gasteiger partial charge in [0.1, 0.15) is 5.58 Å². The predicted molar refractivity (Wildman–Crippen MR) is 91.8 cm³/mol. The van der Waals surface area contributed by atoms with Crippen molar-refractivity contribution in [2.24, 2.45) is 0 Å². The molecular weight excluding hydrogens is 326 g/mol. The number of hydrogen-bond donors (Lipinski definition) is 2. The fraction of sp³-hybridized carbons (Fsp3) is 0.118. The van der Waals surface area contributed by atoms with Crippen molar-refractivity contribution in [1.29, 1.82) is 0 Å². The number of nitrogens with zero attached hydrogens (tertiary/aromatic N) is 1. The number of rotatable bonds is 5. The van der Waals surface area contributed by atoms with Gasteiger partial charge >= 0.3 is 0 Å². The minimum absolute atomic E-state index is 0.121. The molecule has 3 aromatic rings. The predicted octanol–water partition coefficient (Wildman–Crippen LogP) is 2.17. The number of aromatic amines is 1. The highest BCUT2D eigenvalue weighted by atomic mass is 32.2. The van der Waals surface area contributed by atoms with E-state index < -0.39 is 0 Å². The second-order valence-corrected chi connectivity index (χ2v) is 5.78. The average Bonchev–Trinajstić information content (AvgIpc) is 2.96. The van der Waals surface area contributed by atoms with Gasteiger partial charge in [-0.05, 0) is 6.07 Å². The quantitative estimate of drug-likeness (QED) is 0.422. The molecule has 0 atom stereocenters. The van der Waals surface area contributed by atoms with Gasteiger partial charge in [-0.2, -0.15) is 0 Å². The van der Waals surface area contributed by atoms with Gasteiger partial charge in [0.05, 0.1) is 6.54 Å². The van der Waals surface area contributed by atoms with Crippen molar-refractivity contribution in [3.05, 3.63) is 58.2 Å². The van der Waals surface area contributed by atoms with Crippen LogP contribution in [0.1, 0.15) is 16.1 Å². The number of carbonyl (C=O) groups is 1. The number of carbonyl (C=O) groups excluding carboxylic acids is 1. The maximum atomic E-state index is 12.3. The monoisotopic (exact) mass is 339 g/mol. The summed E-state index contributed by atoms with van der Waals surface area (Å²) >= 11 is 1.32. The summed E-state index contributed by atoms with van der Waals surface area (Å²) in [5.74, 6) is 2.63. The van der Waals surface area contributed by atoms with E-state index in [1.807, 2.05) is 18.2 Å². The number of furan rings is 1. The van der Waals surface area contributed by atoms with E-state index in [-0.39, 0.29) is 23.8 Å². The molecule has 0 saturated carbocycles. The van der Waals surface area contributed by atoms with Crippen LogP contribution in [0.25, 0.3) is 11.0 Å². The first kappa shape index (κ1) is 15.9. The zero-order valence-electron chi connectivity index (χ0n) is 12.5. The fourth-order valence-electron chi connectivity index (χ4n) is 2.20. The molecule has 7 heteroatoms. The maximum Gasteiger partial charge on any atom is 0.288 e. The molecule has 0 unspecified atom stereocenters. The molecular formula is C17H13N3O3S. The van der Waals surface area contributed by atoms with Crippen LogP contribution in [0.5, 0.6) is 0 Å². The molecule has 1 amide bonds. The Morgan fingerprint density at radius 3 is 3.00 bits per heavy atom. The van der Waals surface area contributed by atoms with E-state index in [0.717, 1.165) is 10.9 Å². The summed E-state index contributed by atoms with van der Waals surface area (Å²) in [7, 11) is 0. The van der Waals surface area contributed by atoms with Crippen molar-refractivity contribution in [3.63, 3.8) is 0 Å². The lowest BCUT2D eigenvalue weighted by Crippen LogP contribution is -2.23. The van der Waals surface area contributed by atoms with Gasteiger partial charge in [-0.3, -0.25) is 9.59 Å². The lowest BCUT2D eigenvalue weighted by atomic mass is 10.1. The number of H-pyrrole nitrogens is 1. The van der Waals surface area contributed by atoms with E-state index in [1.165, 1.54) is 24.0 Å². The van der Waals surface area contributed by atoms with E-state index >= 15 is 0 Å². The first-order valence-electron chi connectivity index (χ1n) is 7.09. The number of aromatic nitrogens is 2. The Labute approximate surface area is 141 Å². The minimum atomic E-state index is -0.366. The summed E-state index contributed by atoms with van der Waals surface area (Å²) in [6.45, 7) is 0.121. The van der Waals surface area contributed by atoms with Crippen LogP contribution < -0.4 is 10.9 Å². The summed E-state index contributed by atoms with van der Waals surface area (Å²) in [6, 6.07) is 8.73. The Morgan fingerprint density at radius 1 is 1.38 bits per heavy atom. The molecule has 24 heavy (non-hydrogen) atoms. The standard InChI is InChI=1S/C17H13N3O3S/c1-2-8-18-16(22)15-12(11-5-3-4-6-13(11)23-15)10-24-17-19-9-7-14(21)20-17/h1,3-7,9H,8,10H2,(H,18,22)(H,19,20,21). The number of benzene rings is 1. The molecule has 2 heterocycles. The van der Waals surface area contributed by atoms with Gasteiger partial charge in [0.15, 0.2) is 10.9 Å². The number of nitrogens with one attached hydrogen (secondary N) is 2. The third-order valence-electron chi connectivity index (χ3n) is 3.26. The van der Waals surface area contributed by atoms with E-state index in [0.29, 0.717) is 16.5 Å². The Kier molecular flexibility index (Phi) is 4.68.